The average Bonchev–Trinajstić information content (AvgIpc) is 1.88. The van der Waals surface area contributed by atoms with Crippen molar-refractivity contribution in [2.24, 2.45) is 5.73 Å². The zero-order chi connectivity index (χ0) is 7.40. The van der Waals surface area contributed by atoms with E-state index in [1.54, 1.807) is 0 Å². The molecule has 78 valence electrons. The van der Waals surface area contributed by atoms with Crippen LogP contribution >= 0.6 is 0 Å². The summed E-state index contributed by atoms with van der Waals surface area (Å²) < 4.78 is 0. The predicted molar refractivity (Wildman–Crippen MR) is 61.3 cm³/mol. The molecule has 1 unspecified atom stereocenters. The Morgan fingerprint density at radius 1 is 1.07 bits per heavy atom. The standard InChI is InChI=1S/C8H12BN.3FH.Na.H/c9-8(10)6-7-4-2-1-3-5-7;;;;;/h1-5,8H,6,9-10H2;3*1H;;. The van der Waals surface area contributed by atoms with E-state index in [1.807, 2.05) is 26.0 Å². The quantitative estimate of drug-likeness (QED) is 0.691. The molecule has 0 saturated heterocycles. The fraction of sp³-hybridized carbons (Fsp3) is 0.250. The molecule has 1 atom stereocenters. The van der Waals surface area contributed by atoms with Gasteiger partial charge in [0.2, 0.25) is 0 Å². The van der Waals surface area contributed by atoms with Crippen molar-refractivity contribution >= 4 is 37.4 Å². The molecular weight excluding hydrogens is 201 g/mol. The molecule has 0 aliphatic heterocycles. The molecule has 0 aromatic heterocycles. The second-order valence-corrected chi connectivity index (χ2v) is 2.67. The average molecular weight is 217 g/mol. The van der Waals surface area contributed by atoms with Crippen molar-refractivity contribution in [3.05, 3.63) is 35.9 Å². The van der Waals surface area contributed by atoms with Gasteiger partial charge < -0.3 is 5.73 Å². The minimum atomic E-state index is 0. The minimum absolute atomic E-state index is 0. The summed E-state index contributed by atoms with van der Waals surface area (Å²) in [6, 6.07) is 10.3. The molecule has 14 heavy (non-hydrogen) atoms. The van der Waals surface area contributed by atoms with Crippen molar-refractivity contribution in [1.82, 2.24) is 0 Å². The van der Waals surface area contributed by atoms with E-state index in [4.69, 9.17) is 5.73 Å². The van der Waals surface area contributed by atoms with Gasteiger partial charge in [0.1, 0.15) is 7.85 Å². The van der Waals surface area contributed by atoms with Crippen molar-refractivity contribution in [3.8, 4) is 0 Å². The van der Waals surface area contributed by atoms with Gasteiger partial charge in [0.15, 0.2) is 0 Å². The van der Waals surface area contributed by atoms with Crippen molar-refractivity contribution < 1.29 is 14.1 Å². The fourth-order valence-corrected chi connectivity index (χ4v) is 0.986. The van der Waals surface area contributed by atoms with E-state index >= 15 is 0 Å². The van der Waals surface area contributed by atoms with Gasteiger partial charge in [0, 0.05) is 0 Å². The van der Waals surface area contributed by atoms with Crippen LogP contribution in [0.3, 0.4) is 0 Å². The van der Waals surface area contributed by atoms with Crippen LogP contribution in [0.2, 0.25) is 0 Å². The van der Waals surface area contributed by atoms with Gasteiger partial charge >= 0.3 is 29.6 Å². The summed E-state index contributed by atoms with van der Waals surface area (Å²) in [6.07, 6.45) is 0.973. The zero-order valence-corrected chi connectivity index (χ0v) is 7.47. The first-order chi connectivity index (χ1) is 4.79. The van der Waals surface area contributed by atoms with E-state index in [0.717, 1.165) is 6.42 Å². The Morgan fingerprint density at radius 3 is 1.86 bits per heavy atom. The number of hydrogen-bond acceptors (Lipinski definition) is 1. The van der Waals surface area contributed by atoms with E-state index in [0.29, 0.717) is 0 Å². The van der Waals surface area contributed by atoms with E-state index in [9.17, 15) is 0 Å². The Kier molecular flexibility index (Phi) is 22.0. The van der Waals surface area contributed by atoms with Gasteiger partial charge in [-0.25, -0.2) is 0 Å². The maximum atomic E-state index is 5.62. The first-order valence-electron chi connectivity index (χ1n) is 3.58. The van der Waals surface area contributed by atoms with Crippen LogP contribution in [0.1, 0.15) is 5.56 Å². The molecule has 1 aromatic carbocycles. The van der Waals surface area contributed by atoms with Crippen LogP contribution in [0.15, 0.2) is 30.3 Å². The molecule has 0 saturated carbocycles. The Bertz CT molecular complexity index is 199. The molecule has 0 fully saturated rings. The number of benzene rings is 1. The number of nitrogens with two attached hydrogens (primary N) is 1. The van der Waals surface area contributed by atoms with Crippen molar-refractivity contribution in [1.29, 1.82) is 0 Å². The van der Waals surface area contributed by atoms with Crippen LogP contribution in [0.25, 0.3) is 0 Å². The van der Waals surface area contributed by atoms with Crippen LogP contribution < -0.4 is 5.73 Å². The van der Waals surface area contributed by atoms with E-state index < -0.39 is 0 Å². The van der Waals surface area contributed by atoms with Crippen molar-refractivity contribution in [2.75, 3.05) is 0 Å². The monoisotopic (exact) mass is 217 g/mol. The molecule has 0 radical (unpaired) electrons. The first kappa shape index (κ1) is 23.7. The summed E-state index contributed by atoms with van der Waals surface area (Å²) in [4.78, 5) is 0. The molecule has 1 aromatic rings. The van der Waals surface area contributed by atoms with Gasteiger partial charge in [0.25, 0.3) is 0 Å². The number of hydrogen-bond donors (Lipinski definition) is 1. The molecule has 0 aliphatic carbocycles. The van der Waals surface area contributed by atoms with Gasteiger partial charge in [-0.15, -0.1) is 0 Å². The molecular formula is C8H16BF3NNa. The van der Waals surface area contributed by atoms with Crippen LogP contribution in [0, 0.1) is 0 Å². The summed E-state index contributed by atoms with van der Waals surface area (Å²) in [5.74, 6) is 0.266. The van der Waals surface area contributed by atoms with E-state index in [-0.39, 0.29) is 49.6 Å². The topological polar surface area (TPSA) is 26.0 Å². The molecule has 2 N–H and O–H groups in total. The Hall–Kier alpha value is 0.0349. The van der Waals surface area contributed by atoms with Crippen LogP contribution in [-0.2, 0) is 6.42 Å². The zero-order valence-electron chi connectivity index (χ0n) is 7.47. The van der Waals surface area contributed by atoms with E-state index in [1.165, 1.54) is 5.56 Å². The van der Waals surface area contributed by atoms with Crippen LogP contribution in [0.5, 0.6) is 0 Å². The summed E-state index contributed by atoms with van der Waals surface area (Å²) in [6.45, 7) is 0. The Morgan fingerprint density at radius 2 is 1.50 bits per heavy atom. The third-order valence-corrected chi connectivity index (χ3v) is 1.40. The molecule has 0 bridgehead atoms. The fourth-order valence-electron chi connectivity index (χ4n) is 0.986. The third-order valence-electron chi connectivity index (χ3n) is 1.40. The van der Waals surface area contributed by atoms with Gasteiger partial charge in [-0.1, -0.05) is 30.3 Å². The molecule has 0 spiro atoms. The van der Waals surface area contributed by atoms with Gasteiger partial charge in [-0.05, 0) is 17.9 Å². The normalized spacial score (nSPS) is 9.21. The second kappa shape index (κ2) is 13.0. The Labute approximate surface area is 105 Å². The second-order valence-electron chi connectivity index (χ2n) is 2.67. The van der Waals surface area contributed by atoms with Crippen molar-refractivity contribution in [2.45, 2.75) is 12.4 Å². The molecule has 0 heterocycles. The SMILES string of the molecule is BC(N)Cc1ccccc1.F.F.F.[NaH]. The summed E-state index contributed by atoms with van der Waals surface area (Å²) >= 11 is 0. The molecule has 0 amide bonds. The van der Waals surface area contributed by atoms with Crippen LogP contribution in [-0.4, -0.2) is 43.3 Å². The molecule has 1 nitrogen and oxygen atoms in total. The molecule has 0 aliphatic rings. The summed E-state index contributed by atoms with van der Waals surface area (Å²) in [5, 5.41) is 0. The summed E-state index contributed by atoms with van der Waals surface area (Å²) in [7, 11) is 2.02. The summed E-state index contributed by atoms with van der Waals surface area (Å²) in [5.41, 5.74) is 6.94. The third kappa shape index (κ3) is 10.1. The van der Waals surface area contributed by atoms with Gasteiger partial charge in [0.05, 0.1) is 0 Å². The Balaban J connectivity index is -0.000000125. The van der Waals surface area contributed by atoms with Gasteiger partial charge in [-0.3, -0.25) is 14.1 Å². The number of halogens is 3. The number of rotatable bonds is 2. The predicted octanol–water partition coefficient (Wildman–Crippen LogP) is -0.0440. The first-order valence-corrected chi connectivity index (χ1v) is 3.58. The van der Waals surface area contributed by atoms with E-state index in [2.05, 4.69) is 12.1 Å². The van der Waals surface area contributed by atoms with Crippen LogP contribution in [0.4, 0.5) is 14.1 Å². The maximum absolute atomic E-state index is 5.62. The van der Waals surface area contributed by atoms with Crippen molar-refractivity contribution in [3.63, 3.8) is 0 Å². The molecule has 6 heteroatoms. The molecule has 1 rings (SSSR count). The van der Waals surface area contributed by atoms with Gasteiger partial charge in [-0.2, -0.15) is 0 Å².